The molecule has 2 heterocycles. The van der Waals surface area contributed by atoms with Crippen LogP contribution < -0.4 is 5.32 Å². The van der Waals surface area contributed by atoms with Crippen LogP contribution in [0.25, 0.3) is 22.0 Å². The van der Waals surface area contributed by atoms with Gasteiger partial charge in [-0.3, -0.25) is 9.78 Å². The van der Waals surface area contributed by atoms with E-state index in [0.29, 0.717) is 5.56 Å². The number of ketones is 1. The van der Waals surface area contributed by atoms with Gasteiger partial charge < -0.3 is 15.3 Å². The van der Waals surface area contributed by atoms with Crippen LogP contribution in [-0.4, -0.2) is 40.4 Å². The van der Waals surface area contributed by atoms with Gasteiger partial charge in [0, 0.05) is 29.7 Å². The van der Waals surface area contributed by atoms with Gasteiger partial charge in [-0.25, -0.2) is 0 Å². The summed E-state index contributed by atoms with van der Waals surface area (Å²) < 4.78 is 0. The Morgan fingerprint density at radius 1 is 0.951 bits per heavy atom. The van der Waals surface area contributed by atoms with Crippen molar-refractivity contribution in [3.05, 3.63) is 82.0 Å². The van der Waals surface area contributed by atoms with E-state index in [-0.39, 0.29) is 39.9 Å². The van der Waals surface area contributed by atoms with E-state index in [9.17, 15) is 9.90 Å². The van der Waals surface area contributed by atoms with Gasteiger partial charge in [-0.05, 0) is 98.3 Å². The van der Waals surface area contributed by atoms with E-state index >= 15 is 0 Å². The molecule has 1 saturated heterocycles. The Hall–Kier alpha value is -2.83. The third kappa shape index (κ3) is 6.49. The summed E-state index contributed by atoms with van der Waals surface area (Å²) in [5.41, 5.74) is 6.05. The van der Waals surface area contributed by atoms with Crippen molar-refractivity contribution < 1.29 is 9.90 Å². The number of aromatic nitrogens is 1. The summed E-state index contributed by atoms with van der Waals surface area (Å²) in [5.74, 6) is 0.0520. The van der Waals surface area contributed by atoms with Crippen LogP contribution in [0.2, 0.25) is 10.0 Å². The quantitative estimate of drug-likeness (QED) is 0.195. The molecule has 0 bridgehead atoms. The maximum atomic E-state index is 13.8. The lowest BCUT2D eigenvalue weighted by Crippen LogP contribution is -2.21. The number of nitrogens with one attached hydrogen (secondary N) is 1. The van der Waals surface area contributed by atoms with E-state index in [1.165, 1.54) is 31.5 Å². The minimum atomic E-state index is -0.133. The monoisotopic (exact) mass is 609 g/mol. The molecule has 0 radical (unpaired) electrons. The van der Waals surface area contributed by atoms with Crippen LogP contribution in [0, 0.1) is 5.92 Å². The Balaban J connectivity index is 0.00000337. The molecule has 2 N–H and O–H groups in total. The van der Waals surface area contributed by atoms with Crippen molar-refractivity contribution in [2.24, 2.45) is 5.92 Å². The standard InChI is InChI=1S/C33H33Cl2N3O2.ClH/c34-28-18-24(19-29(35)33(28)40)23-10-11-30-26(17-23)31(27(20-36-30)32(39)22-7-1-2-8-22)37-25-9-5-6-21(16-25)12-15-38-13-3-4-14-38;/h5-6,9-11,16-20,22,40H,1-4,7-8,12-15H2,(H,36,37);1H. The first-order valence-corrected chi connectivity index (χ1v) is 15.0. The number of phenolic OH excluding ortho intramolecular Hbond substituents is 1. The second-order valence-corrected chi connectivity index (χ2v) is 11.9. The fourth-order valence-corrected chi connectivity index (χ4v) is 6.56. The number of hydrogen-bond acceptors (Lipinski definition) is 5. The number of hydrogen-bond donors (Lipinski definition) is 2. The lowest BCUT2D eigenvalue weighted by Gasteiger charge is -2.18. The summed E-state index contributed by atoms with van der Waals surface area (Å²) in [6.45, 7) is 3.44. The number of Topliss-reactive ketones (excluding diaryl/α,β-unsaturated/α-hetero) is 1. The first-order chi connectivity index (χ1) is 19.5. The first kappa shape index (κ1) is 29.7. The highest BCUT2D eigenvalue weighted by atomic mass is 35.5. The SMILES string of the molecule is Cl.O=C(c1cnc2ccc(-c3cc(Cl)c(O)c(Cl)c3)cc2c1Nc1cccc(CCN2CCCC2)c1)C1CCCC1. The summed E-state index contributed by atoms with van der Waals surface area (Å²) in [6, 6.07) is 17.8. The number of aromatic hydroxyl groups is 1. The minimum Gasteiger partial charge on any atom is -0.505 e. The van der Waals surface area contributed by atoms with Gasteiger partial charge in [-0.15, -0.1) is 12.4 Å². The van der Waals surface area contributed by atoms with Crippen LogP contribution in [0.4, 0.5) is 11.4 Å². The highest BCUT2D eigenvalue weighted by Gasteiger charge is 2.27. The zero-order valence-electron chi connectivity index (χ0n) is 22.8. The molecule has 5 nitrogen and oxygen atoms in total. The van der Waals surface area contributed by atoms with Gasteiger partial charge in [-0.1, -0.05) is 54.2 Å². The van der Waals surface area contributed by atoms with E-state index in [1.807, 2.05) is 18.2 Å². The van der Waals surface area contributed by atoms with Crippen LogP contribution in [0.3, 0.4) is 0 Å². The maximum Gasteiger partial charge on any atom is 0.169 e. The van der Waals surface area contributed by atoms with Crippen molar-refractivity contribution in [3.8, 4) is 16.9 Å². The predicted molar refractivity (Wildman–Crippen MR) is 172 cm³/mol. The Bertz CT molecular complexity index is 1540. The normalized spacial score (nSPS) is 15.8. The highest BCUT2D eigenvalue weighted by Crippen LogP contribution is 2.39. The molecule has 1 saturated carbocycles. The molecule has 1 aromatic heterocycles. The Morgan fingerprint density at radius 2 is 1.68 bits per heavy atom. The Labute approximate surface area is 257 Å². The van der Waals surface area contributed by atoms with Crippen LogP contribution in [0.1, 0.15) is 54.4 Å². The number of pyridine rings is 1. The van der Waals surface area contributed by atoms with Gasteiger partial charge in [-0.2, -0.15) is 0 Å². The summed E-state index contributed by atoms with van der Waals surface area (Å²) >= 11 is 12.5. The number of benzene rings is 3. The maximum absolute atomic E-state index is 13.8. The van der Waals surface area contributed by atoms with Gasteiger partial charge in [0.05, 0.1) is 26.8 Å². The number of rotatable bonds is 8. The number of likely N-dealkylation sites (tertiary alicyclic amines) is 1. The van der Waals surface area contributed by atoms with Gasteiger partial charge >= 0.3 is 0 Å². The smallest absolute Gasteiger partial charge is 0.169 e. The Morgan fingerprint density at radius 3 is 2.41 bits per heavy atom. The molecular weight excluding hydrogens is 577 g/mol. The molecule has 214 valence electrons. The highest BCUT2D eigenvalue weighted by molar-refractivity contribution is 6.37. The van der Waals surface area contributed by atoms with E-state index in [0.717, 1.165) is 72.1 Å². The lowest BCUT2D eigenvalue weighted by atomic mass is 9.93. The molecule has 3 aromatic carbocycles. The number of carbonyl (C=O) groups excluding carboxylic acids is 1. The molecule has 41 heavy (non-hydrogen) atoms. The van der Waals surface area contributed by atoms with Crippen molar-refractivity contribution in [1.82, 2.24) is 9.88 Å². The lowest BCUT2D eigenvalue weighted by molar-refractivity contribution is 0.0923. The topological polar surface area (TPSA) is 65.5 Å². The molecule has 2 aliphatic rings. The van der Waals surface area contributed by atoms with Gasteiger partial charge in [0.15, 0.2) is 11.5 Å². The van der Waals surface area contributed by atoms with E-state index in [4.69, 9.17) is 28.2 Å². The van der Waals surface area contributed by atoms with Crippen LogP contribution in [0.5, 0.6) is 5.75 Å². The molecule has 8 heteroatoms. The first-order valence-electron chi connectivity index (χ1n) is 14.2. The Kier molecular flexibility index (Phi) is 9.40. The number of phenols is 1. The van der Waals surface area contributed by atoms with Crippen molar-refractivity contribution in [2.45, 2.75) is 44.9 Å². The number of halogens is 3. The molecule has 1 aliphatic heterocycles. The molecule has 2 fully saturated rings. The predicted octanol–water partition coefficient (Wildman–Crippen LogP) is 9.09. The molecule has 0 unspecified atom stereocenters. The molecule has 0 atom stereocenters. The molecular formula is C33H34Cl3N3O2. The number of nitrogens with zero attached hydrogens (tertiary/aromatic N) is 2. The second kappa shape index (κ2) is 13.0. The molecule has 6 rings (SSSR count). The average Bonchev–Trinajstić information content (AvgIpc) is 3.69. The largest absolute Gasteiger partial charge is 0.505 e. The number of carbonyl (C=O) groups is 1. The van der Waals surface area contributed by atoms with E-state index < -0.39 is 0 Å². The summed E-state index contributed by atoms with van der Waals surface area (Å²) in [4.78, 5) is 21.0. The van der Waals surface area contributed by atoms with Crippen LogP contribution in [-0.2, 0) is 6.42 Å². The molecule has 0 amide bonds. The van der Waals surface area contributed by atoms with Gasteiger partial charge in [0.25, 0.3) is 0 Å². The number of anilines is 2. The third-order valence-corrected chi connectivity index (χ3v) is 8.90. The summed E-state index contributed by atoms with van der Waals surface area (Å²) in [6.07, 6.45) is 9.33. The van der Waals surface area contributed by atoms with Crippen molar-refractivity contribution >= 4 is 63.7 Å². The van der Waals surface area contributed by atoms with E-state index in [1.54, 1.807) is 18.3 Å². The molecule has 4 aromatic rings. The average molecular weight is 611 g/mol. The van der Waals surface area contributed by atoms with Crippen molar-refractivity contribution in [1.29, 1.82) is 0 Å². The molecule has 1 aliphatic carbocycles. The fourth-order valence-electron chi connectivity index (χ4n) is 6.08. The van der Waals surface area contributed by atoms with Crippen molar-refractivity contribution in [2.75, 3.05) is 25.0 Å². The zero-order valence-corrected chi connectivity index (χ0v) is 25.2. The molecule has 0 spiro atoms. The minimum absolute atomic E-state index is 0. The van der Waals surface area contributed by atoms with Crippen LogP contribution >= 0.6 is 35.6 Å². The zero-order chi connectivity index (χ0) is 27.6. The third-order valence-electron chi connectivity index (χ3n) is 8.32. The summed E-state index contributed by atoms with van der Waals surface area (Å²) in [5, 5.41) is 14.9. The van der Waals surface area contributed by atoms with Crippen molar-refractivity contribution in [3.63, 3.8) is 0 Å². The number of fused-ring (bicyclic) bond motifs is 1. The van der Waals surface area contributed by atoms with E-state index in [2.05, 4.69) is 34.5 Å². The summed E-state index contributed by atoms with van der Waals surface area (Å²) in [7, 11) is 0. The fraction of sp³-hybridized carbons (Fsp3) is 0.333. The second-order valence-electron chi connectivity index (χ2n) is 11.0. The van der Waals surface area contributed by atoms with Gasteiger partial charge in [0.2, 0.25) is 0 Å². The van der Waals surface area contributed by atoms with Gasteiger partial charge in [0.1, 0.15) is 0 Å². The van der Waals surface area contributed by atoms with Crippen LogP contribution in [0.15, 0.2) is 60.8 Å².